The highest BCUT2D eigenvalue weighted by molar-refractivity contribution is 7.11. The molecule has 0 amide bonds. The van der Waals surface area contributed by atoms with Gasteiger partial charge in [0.15, 0.2) is 0 Å². The van der Waals surface area contributed by atoms with Crippen molar-refractivity contribution < 1.29 is 0 Å². The highest BCUT2D eigenvalue weighted by atomic mass is 32.1. The SMILES string of the molecule is c1csc(CCNC(c2cccs2)c2cccs2)c1. The van der Waals surface area contributed by atoms with Crippen LogP contribution in [0.2, 0.25) is 0 Å². The maximum Gasteiger partial charge on any atom is 0.0764 e. The van der Waals surface area contributed by atoms with E-state index in [0.717, 1.165) is 13.0 Å². The molecule has 0 aromatic carbocycles. The van der Waals surface area contributed by atoms with E-state index in [1.165, 1.54) is 14.6 Å². The molecule has 3 heterocycles. The van der Waals surface area contributed by atoms with Crippen LogP contribution in [0.25, 0.3) is 0 Å². The Balaban J connectivity index is 1.67. The Kier molecular flexibility index (Phi) is 4.45. The van der Waals surface area contributed by atoms with Crippen LogP contribution in [0, 0.1) is 0 Å². The third-order valence-corrected chi connectivity index (χ3v) is 5.77. The van der Waals surface area contributed by atoms with Crippen molar-refractivity contribution in [1.82, 2.24) is 5.32 Å². The van der Waals surface area contributed by atoms with Crippen molar-refractivity contribution in [3.05, 3.63) is 67.2 Å². The summed E-state index contributed by atoms with van der Waals surface area (Å²) in [6, 6.07) is 13.4. The Labute approximate surface area is 125 Å². The van der Waals surface area contributed by atoms with Crippen molar-refractivity contribution in [3.8, 4) is 0 Å². The summed E-state index contributed by atoms with van der Waals surface area (Å²) in [6.45, 7) is 1.01. The maximum absolute atomic E-state index is 3.69. The number of rotatable bonds is 6. The van der Waals surface area contributed by atoms with E-state index in [2.05, 4.69) is 57.9 Å². The summed E-state index contributed by atoms with van der Waals surface area (Å²) >= 11 is 5.48. The Bertz CT molecular complexity index is 533. The molecule has 3 aromatic rings. The summed E-state index contributed by atoms with van der Waals surface area (Å²) in [5.41, 5.74) is 0. The van der Waals surface area contributed by atoms with E-state index in [4.69, 9.17) is 0 Å². The van der Waals surface area contributed by atoms with Crippen LogP contribution >= 0.6 is 34.0 Å². The predicted molar refractivity (Wildman–Crippen MR) is 86.5 cm³/mol. The first kappa shape index (κ1) is 13.1. The van der Waals surface area contributed by atoms with Gasteiger partial charge in [-0.1, -0.05) is 18.2 Å². The lowest BCUT2D eigenvalue weighted by atomic mass is 10.2. The number of thiophene rings is 3. The molecule has 1 nitrogen and oxygen atoms in total. The molecule has 0 atom stereocenters. The maximum atomic E-state index is 3.69. The van der Waals surface area contributed by atoms with Crippen LogP contribution in [-0.4, -0.2) is 6.54 Å². The summed E-state index contributed by atoms with van der Waals surface area (Å²) in [5.74, 6) is 0. The Morgan fingerprint density at radius 2 is 1.47 bits per heavy atom. The molecule has 4 heteroatoms. The van der Waals surface area contributed by atoms with Gasteiger partial charge in [-0.2, -0.15) is 0 Å². The molecule has 19 heavy (non-hydrogen) atoms. The number of nitrogens with one attached hydrogen (secondary N) is 1. The lowest BCUT2D eigenvalue weighted by Crippen LogP contribution is -2.23. The molecule has 1 N–H and O–H groups in total. The fourth-order valence-corrected chi connectivity index (χ4v) is 4.47. The molecule has 0 saturated carbocycles. The third-order valence-electron chi connectivity index (χ3n) is 2.96. The second-order valence-electron chi connectivity index (χ2n) is 4.25. The normalized spacial score (nSPS) is 11.2. The van der Waals surface area contributed by atoms with Gasteiger partial charge in [-0.05, 0) is 40.8 Å². The van der Waals surface area contributed by atoms with Crippen LogP contribution < -0.4 is 5.32 Å². The molecule has 3 rings (SSSR count). The molecule has 98 valence electrons. The number of hydrogen-bond acceptors (Lipinski definition) is 4. The first-order chi connectivity index (χ1) is 9.43. The first-order valence-corrected chi connectivity index (χ1v) is 8.90. The minimum Gasteiger partial charge on any atom is -0.305 e. The molecule has 0 bridgehead atoms. The van der Waals surface area contributed by atoms with Crippen molar-refractivity contribution in [1.29, 1.82) is 0 Å². The quantitative estimate of drug-likeness (QED) is 0.690. The summed E-state index contributed by atoms with van der Waals surface area (Å²) in [5, 5.41) is 10.1. The summed E-state index contributed by atoms with van der Waals surface area (Å²) < 4.78 is 0. The molecule has 0 saturated heterocycles. The minimum absolute atomic E-state index is 0.347. The molecule has 0 unspecified atom stereocenters. The molecular weight excluding hydrogens is 290 g/mol. The zero-order valence-corrected chi connectivity index (χ0v) is 12.9. The second kappa shape index (κ2) is 6.48. The predicted octanol–water partition coefficient (Wildman–Crippen LogP) is 4.79. The topological polar surface area (TPSA) is 12.0 Å². The van der Waals surface area contributed by atoms with E-state index < -0.39 is 0 Å². The standard InChI is InChI=1S/C15H15NS3/c1-4-12(17-9-1)7-8-16-15(13-5-2-10-18-13)14-6-3-11-19-14/h1-6,9-11,15-16H,7-8H2. The van der Waals surface area contributed by atoms with Gasteiger partial charge in [-0.25, -0.2) is 0 Å². The van der Waals surface area contributed by atoms with E-state index in [1.807, 2.05) is 34.0 Å². The van der Waals surface area contributed by atoms with Gasteiger partial charge in [0.05, 0.1) is 6.04 Å². The molecule has 0 aliphatic rings. The number of hydrogen-bond donors (Lipinski definition) is 1. The average molecular weight is 305 g/mol. The van der Waals surface area contributed by atoms with Gasteiger partial charge in [-0.15, -0.1) is 34.0 Å². The Morgan fingerprint density at radius 3 is 2.00 bits per heavy atom. The van der Waals surface area contributed by atoms with E-state index in [-0.39, 0.29) is 0 Å². The fourth-order valence-electron chi connectivity index (χ4n) is 2.05. The molecule has 3 aromatic heterocycles. The van der Waals surface area contributed by atoms with Crippen molar-refractivity contribution >= 4 is 34.0 Å². The molecule has 0 spiro atoms. The first-order valence-electron chi connectivity index (χ1n) is 6.26. The zero-order valence-electron chi connectivity index (χ0n) is 10.4. The third kappa shape index (κ3) is 3.34. The van der Waals surface area contributed by atoms with E-state index in [9.17, 15) is 0 Å². The van der Waals surface area contributed by atoms with Gasteiger partial charge >= 0.3 is 0 Å². The summed E-state index contributed by atoms with van der Waals surface area (Å²) in [4.78, 5) is 4.24. The van der Waals surface area contributed by atoms with Crippen LogP contribution in [0.1, 0.15) is 20.7 Å². The van der Waals surface area contributed by atoms with Crippen molar-refractivity contribution in [3.63, 3.8) is 0 Å². The van der Waals surface area contributed by atoms with Gasteiger partial charge < -0.3 is 5.32 Å². The van der Waals surface area contributed by atoms with Crippen molar-refractivity contribution in [2.45, 2.75) is 12.5 Å². The highest BCUT2D eigenvalue weighted by Gasteiger charge is 2.15. The van der Waals surface area contributed by atoms with Crippen LogP contribution in [0.3, 0.4) is 0 Å². The largest absolute Gasteiger partial charge is 0.305 e. The highest BCUT2D eigenvalue weighted by Crippen LogP contribution is 2.29. The molecular formula is C15H15NS3. The molecule has 0 aliphatic heterocycles. The van der Waals surface area contributed by atoms with Crippen LogP contribution in [0.4, 0.5) is 0 Å². The summed E-state index contributed by atoms with van der Waals surface area (Å²) in [7, 11) is 0. The van der Waals surface area contributed by atoms with Crippen molar-refractivity contribution in [2.75, 3.05) is 6.54 Å². The van der Waals surface area contributed by atoms with E-state index in [1.54, 1.807) is 0 Å². The zero-order chi connectivity index (χ0) is 12.9. The Hall–Kier alpha value is -0.940. The van der Waals surface area contributed by atoms with Crippen molar-refractivity contribution in [2.24, 2.45) is 0 Å². The van der Waals surface area contributed by atoms with Gasteiger partial charge in [0.2, 0.25) is 0 Å². The van der Waals surface area contributed by atoms with Gasteiger partial charge in [0.1, 0.15) is 0 Å². The van der Waals surface area contributed by atoms with Crippen LogP contribution in [0.5, 0.6) is 0 Å². The lowest BCUT2D eigenvalue weighted by molar-refractivity contribution is 0.623. The van der Waals surface area contributed by atoms with E-state index in [0.29, 0.717) is 6.04 Å². The minimum atomic E-state index is 0.347. The van der Waals surface area contributed by atoms with Gasteiger partial charge in [0.25, 0.3) is 0 Å². The second-order valence-corrected chi connectivity index (χ2v) is 7.24. The summed E-state index contributed by atoms with van der Waals surface area (Å²) in [6.07, 6.45) is 1.10. The van der Waals surface area contributed by atoms with E-state index >= 15 is 0 Å². The fraction of sp³-hybridized carbons (Fsp3) is 0.200. The van der Waals surface area contributed by atoms with Gasteiger partial charge in [-0.3, -0.25) is 0 Å². The average Bonchev–Trinajstić information content (AvgIpc) is 3.15. The van der Waals surface area contributed by atoms with Crippen LogP contribution in [-0.2, 0) is 6.42 Å². The molecule has 0 fully saturated rings. The monoisotopic (exact) mass is 305 g/mol. The lowest BCUT2D eigenvalue weighted by Gasteiger charge is -2.15. The Morgan fingerprint density at radius 1 is 0.842 bits per heavy atom. The molecule has 0 aliphatic carbocycles. The molecule has 0 radical (unpaired) electrons. The smallest absolute Gasteiger partial charge is 0.0764 e. The van der Waals surface area contributed by atoms with Gasteiger partial charge in [0, 0.05) is 21.2 Å². The van der Waals surface area contributed by atoms with Crippen LogP contribution in [0.15, 0.2) is 52.5 Å².